The quantitative estimate of drug-likeness (QED) is 0.185. The molecule has 8 atom stereocenters. The van der Waals surface area contributed by atoms with E-state index in [0.717, 1.165) is 53.9 Å². The fraction of sp³-hybridized carbons (Fsp3) is 0.600. The van der Waals surface area contributed by atoms with E-state index in [9.17, 15) is 10.5 Å². The van der Waals surface area contributed by atoms with Gasteiger partial charge in [0.15, 0.2) is 0 Å². The molecule has 4 heteroatoms. The van der Waals surface area contributed by atoms with Crippen LogP contribution in [0.1, 0.15) is 123 Å². The Labute approximate surface area is 296 Å². The smallest absolute Gasteiger partial charge is 0.137 e. The van der Waals surface area contributed by atoms with Crippen molar-refractivity contribution >= 4 is 6.08 Å². The normalized spacial score (nSPS) is 32.9. The first kappa shape index (κ1) is 35.5. The van der Waals surface area contributed by atoms with Crippen LogP contribution in [0.4, 0.5) is 0 Å². The van der Waals surface area contributed by atoms with Crippen LogP contribution in [0, 0.1) is 69.0 Å². The summed E-state index contributed by atoms with van der Waals surface area (Å²) < 4.78 is 12.4. The Morgan fingerprint density at radius 2 is 1.73 bits per heavy atom. The van der Waals surface area contributed by atoms with E-state index in [4.69, 9.17) is 9.47 Å². The van der Waals surface area contributed by atoms with E-state index in [1.807, 2.05) is 31.2 Å². The molecule has 0 saturated heterocycles. The third-order valence-electron chi connectivity index (χ3n) is 13.6. The van der Waals surface area contributed by atoms with Gasteiger partial charge in [-0.2, -0.15) is 10.5 Å². The number of benzene rings is 1. The molecule has 0 aromatic heterocycles. The summed E-state index contributed by atoms with van der Waals surface area (Å²) in [7, 11) is 0. The van der Waals surface area contributed by atoms with E-state index in [2.05, 4.69) is 65.0 Å². The Morgan fingerprint density at radius 3 is 2.47 bits per heavy atom. The Bertz CT molecular complexity index is 1590. The molecular formula is C45H58N2O2. The average molecular weight is 659 g/mol. The SMILES string of the molecule is CC1=CC(=C(C#N)C#N)C=C(C=Cc2ccc(CO[C@H]3CC[C@]4(C)C(=CC[C@@H]5[C@H]6CC[C@@H](C(C)CCCC(C)C)[C@]6(C)CC[C@H]54)C3)cc2)O1. The number of nitriles is 2. The molecule has 3 fully saturated rings. The second-order valence-corrected chi connectivity index (χ2v) is 17.0. The van der Waals surface area contributed by atoms with Gasteiger partial charge in [-0.15, -0.1) is 0 Å². The fourth-order valence-electron chi connectivity index (χ4n) is 11.0. The lowest BCUT2D eigenvalue weighted by Crippen LogP contribution is -2.51. The highest BCUT2D eigenvalue weighted by atomic mass is 16.5. The minimum Gasteiger partial charge on any atom is -0.462 e. The largest absolute Gasteiger partial charge is 0.462 e. The molecule has 3 saturated carbocycles. The first-order valence-electron chi connectivity index (χ1n) is 19.2. The van der Waals surface area contributed by atoms with E-state index in [-0.39, 0.29) is 5.57 Å². The molecular weight excluding hydrogens is 601 g/mol. The predicted octanol–water partition coefficient (Wildman–Crippen LogP) is 11.8. The van der Waals surface area contributed by atoms with Crippen LogP contribution in [0.5, 0.6) is 0 Å². The number of hydrogen-bond donors (Lipinski definition) is 0. The molecule has 1 unspecified atom stereocenters. The first-order valence-corrected chi connectivity index (χ1v) is 19.2. The molecule has 0 bridgehead atoms. The Morgan fingerprint density at radius 1 is 0.959 bits per heavy atom. The van der Waals surface area contributed by atoms with Gasteiger partial charge in [0.05, 0.1) is 12.7 Å². The van der Waals surface area contributed by atoms with Gasteiger partial charge < -0.3 is 9.47 Å². The monoisotopic (exact) mass is 658 g/mol. The highest BCUT2D eigenvalue weighted by Crippen LogP contribution is 2.67. The van der Waals surface area contributed by atoms with Gasteiger partial charge in [0.25, 0.3) is 0 Å². The predicted molar refractivity (Wildman–Crippen MR) is 198 cm³/mol. The van der Waals surface area contributed by atoms with Crippen LogP contribution in [0.15, 0.2) is 76.8 Å². The second-order valence-electron chi connectivity index (χ2n) is 17.0. The van der Waals surface area contributed by atoms with Crippen LogP contribution in [0.25, 0.3) is 6.08 Å². The molecule has 4 nitrogen and oxygen atoms in total. The van der Waals surface area contributed by atoms with Crippen LogP contribution < -0.4 is 0 Å². The highest BCUT2D eigenvalue weighted by molar-refractivity contribution is 5.57. The molecule has 0 spiro atoms. The second kappa shape index (κ2) is 14.9. The van der Waals surface area contributed by atoms with Gasteiger partial charge >= 0.3 is 0 Å². The summed E-state index contributed by atoms with van der Waals surface area (Å²) >= 11 is 0. The molecule has 1 aliphatic heterocycles. The van der Waals surface area contributed by atoms with Crippen LogP contribution in [-0.2, 0) is 16.1 Å². The molecule has 0 N–H and O–H groups in total. The number of hydrogen-bond acceptors (Lipinski definition) is 4. The average Bonchev–Trinajstić information content (AvgIpc) is 3.44. The van der Waals surface area contributed by atoms with Gasteiger partial charge in [-0.3, -0.25) is 0 Å². The first-order chi connectivity index (χ1) is 23.5. The van der Waals surface area contributed by atoms with E-state index in [1.54, 1.807) is 17.7 Å². The Kier molecular flexibility index (Phi) is 10.8. The molecule has 6 rings (SSSR count). The summed E-state index contributed by atoms with van der Waals surface area (Å²) in [6, 6.07) is 12.4. The van der Waals surface area contributed by atoms with Crippen molar-refractivity contribution in [1.82, 2.24) is 0 Å². The van der Waals surface area contributed by atoms with Crippen molar-refractivity contribution in [3.05, 3.63) is 87.9 Å². The standard InChI is InChI=1S/C45H58N2O2/c1-30(2)8-7-9-31(3)41-18-19-42-40-17-15-37-26-38(20-22-44(37,5)43(40)21-23-45(41,42)6)48-29-34-12-10-33(11-13-34)14-16-39-25-35(24-32(4)49-39)36(27-46)28-47/h10-16,24-25,30-31,38,40-43H,7-9,17-23,26,29H2,1-6H3/t31?,38-,40+,41-,42+,43+,44+,45-/m0/s1. The van der Waals surface area contributed by atoms with Crippen molar-refractivity contribution in [2.45, 2.75) is 125 Å². The topological polar surface area (TPSA) is 66.0 Å². The van der Waals surface area contributed by atoms with Crippen LogP contribution >= 0.6 is 0 Å². The number of ether oxygens (including phenoxy) is 2. The highest BCUT2D eigenvalue weighted by Gasteiger charge is 2.59. The maximum Gasteiger partial charge on any atom is 0.137 e. The zero-order valence-electron chi connectivity index (χ0n) is 30.9. The maximum absolute atomic E-state index is 9.24. The van der Waals surface area contributed by atoms with Crippen molar-refractivity contribution in [2.24, 2.45) is 46.3 Å². The molecule has 0 radical (unpaired) electrons. The molecule has 49 heavy (non-hydrogen) atoms. The third kappa shape index (κ3) is 7.42. The summed E-state index contributed by atoms with van der Waals surface area (Å²) in [5.74, 6) is 6.50. The zero-order valence-corrected chi connectivity index (χ0v) is 30.9. The maximum atomic E-state index is 9.24. The lowest BCUT2D eigenvalue weighted by Gasteiger charge is -2.58. The Hall–Kier alpha value is -3.34. The van der Waals surface area contributed by atoms with Crippen molar-refractivity contribution in [2.75, 3.05) is 0 Å². The molecule has 4 aliphatic carbocycles. The lowest BCUT2D eigenvalue weighted by atomic mass is 9.47. The third-order valence-corrected chi connectivity index (χ3v) is 13.6. The van der Waals surface area contributed by atoms with Crippen LogP contribution in [-0.4, -0.2) is 6.10 Å². The van der Waals surface area contributed by atoms with Gasteiger partial charge in [0, 0.05) is 5.57 Å². The minimum absolute atomic E-state index is 0.0843. The van der Waals surface area contributed by atoms with Gasteiger partial charge in [0.1, 0.15) is 29.2 Å². The summed E-state index contributed by atoms with van der Waals surface area (Å²) in [5, 5.41) is 18.5. The molecule has 1 aromatic rings. The fourth-order valence-corrected chi connectivity index (χ4v) is 11.0. The number of rotatable bonds is 10. The summed E-state index contributed by atoms with van der Waals surface area (Å²) in [6.07, 6.45) is 25.1. The van der Waals surface area contributed by atoms with Gasteiger partial charge in [-0.1, -0.05) is 95.9 Å². The van der Waals surface area contributed by atoms with Crippen molar-refractivity contribution < 1.29 is 9.47 Å². The van der Waals surface area contributed by atoms with Crippen LogP contribution in [0.3, 0.4) is 0 Å². The summed E-state index contributed by atoms with van der Waals surface area (Å²) in [4.78, 5) is 0. The molecule has 260 valence electrons. The van der Waals surface area contributed by atoms with E-state index >= 15 is 0 Å². The van der Waals surface area contributed by atoms with E-state index < -0.39 is 0 Å². The number of nitrogens with zero attached hydrogens (tertiary/aromatic N) is 2. The molecule has 5 aliphatic rings. The Balaban J connectivity index is 1.03. The van der Waals surface area contributed by atoms with Crippen LogP contribution in [0.2, 0.25) is 0 Å². The van der Waals surface area contributed by atoms with Gasteiger partial charge in [0.2, 0.25) is 0 Å². The van der Waals surface area contributed by atoms with Crippen molar-refractivity contribution in [3.63, 3.8) is 0 Å². The van der Waals surface area contributed by atoms with E-state index in [0.29, 0.717) is 40.6 Å². The van der Waals surface area contributed by atoms with Gasteiger partial charge in [-0.05, 0) is 134 Å². The van der Waals surface area contributed by atoms with Gasteiger partial charge in [-0.25, -0.2) is 0 Å². The van der Waals surface area contributed by atoms with Crippen molar-refractivity contribution in [1.29, 1.82) is 10.5 Å². The van der Waals surface area contributed by atoms with E-state index in [1.165, 1.54) is 63.4 Å². The summed E-state index contributed by atoms with van der Waals surface area (Å²) in [5.41, 5.74) is 5.50. The molecule has 1 aromatic carbocycles. The lowest BCUT2D eigenvalue weighted by molar-refractivity contribution is -0.0656. The molecule has 0 amide bonds. The minimum atomic E-state index is 0.0843. The summed E-state index contributed by atoms with van der Waals surface area (Å²) in [6.45, 7) is 15.1. The molecule has 1 heterocycles. The number of allylic oxidation sites excluding steroid dienone is 7. The zero-order chi connectivity index (χ0) is 34.8. The van der Waals surface area contributed by atoms with Crippen molar-refractivity contribution in [3.8, 4) is 12.1 Å². The number of fused-ring (bicyclic) bond motifs is 5.